The summed E-state index contributed by atoms with van der Waals surface area (Å²) in [5, 5.41) is 8.05. The molecule has 9 heteroatoms. The average molecular weight is 391 g/mol. The van der Waals surface area contributed by atoms with Crippen molar-refractivity contribution < 1.29 is 9.69 Å². The maximum Gasteiger partial charge on any atom is 0.279 e. The maximum absolute atomic E-state index is 12.3. The summed E-state index contributed by atoms with van der Waals surface area (Å²) < 4.78 is 1.31. The van der Waals surface area contributed by atoms with Crippen LogP contribution in [0.3, 0.4) is 0 Å². The van der Waals surface area contributed by atoms with Crippen LogP contribution in [0.5, 0.6) is 0 Å². The van der Waals surface area contributed by atoms with Crippen LogP contribution in [0.25, 0.3) is 4.96 Å². The van der Waals surface area contributed by atoms with E-state index in [1.54, 1.807) is 18.7 Å². The van der Waals surface area contributed by atoms with E-state index < -0.39 is 0 Å². The fraction of sp³-hybridized carbons (Fsp3) is 0.294. The van der Waals surface area contributed by atoms with E-state index in [9.17, 15) is 9.59 Å². The minimum absolute atomic E-state index is 0.0590. The van der Waals surface area contributed by atoms with Crippen molar-refractivity contribution in [2.45, 2.75) is 18.4 Å². The minimum atomic E-state index is -0.181. The summed E-state index contributed by atoms with van der Waals surface area (Å²) >= 11 is 2.97. The summed E-state index contributed by atoms with van der Waals surface area (Å²) in [5.74, 6) is -0.0590. The first-order chi connectivity index (χ1) is 12.5. The molecule has 1 amide bonds. The lowest BCUT2D eigenvalue weighted by atomic mass is 10.3. The van der Waals surface area contributed by atoms with E-state index in [4.69, 9.17) is 0 Å². The third-order valence-electron chi connectivity index (χ3n) is 3.71. The van der Waals surface area contributed by atoms with Crippen molar-refractivity contribution in [2.24, 2.45) is 0 Å². The standard InChI is InChI=1S/C17H19N5O2S2/c1-11-8-16(24)22-17(18-11)26-15(20-22)10-21(2)9-14(23)19-12-6-4-5-7-13(12)25-3/h4-8H,9-10H2,1-3H3,(H,19,23)/p+1. The summed E-state index contributed by atoms with van der Waals surface area (Å²) in [4.78, 5) is 31.2. The molecule has 0 fully saturated rings. The van der Waals surface area contributed by atoms with Crippen molar-refractivity contribution in [3.8, 4) is 0 Å². The summed E-state index contributed by atoms with van der Waals surface area (Å²) in [6.45, 7) is 2.64. The number of carbonyl (C=O) groups is 1. The topological polar surface area (TPSA) is 80.8 Å². The van der Waals surface area contributed by atoms with Crippen LogP contribution < -0.4 is 15.8 Å². The monoisotopic (exact) mass is 390 g/mol. The number of para-hydroxylation sites is 1. The number of quaternary nitrogens is 1. The van der Waals surface area contributed by atoms with E-state index in [0.29, 0.717) is 23.7 Å². The lowest BCUT2D eigenvalue weighted by Gasteiger charge is -2.13. The number of benzene rings is 1. The van der Waals surface area contributed by atoms with Crippen LogP contribution in [-0.4, -0.2) is 40.4 Å². The van der Waals surface area contributed by atoms with Gasteiger partial charge in [-0.05, 0) is 25.3 Å². The number of hydrogen-bond acceptors (Lipinski definition) is 6. The third-order valence-corrected chi connectivity index (χ3v) is 5.42. The zero-order chi connectivity index (χ0) is 18.7. The van der Waals surface area contributed by atoms with Crippen molar-refractivity contribution in [1.29, 1.82) is 0 Å². The van der Waals surface area contributed by atoms with Crippen molar-refractivity contribution in [1.82, 2.24) is 14.6 Å². The van der Waals surface area contributed by atoms with Crippen LogP contribution in [0.15, 0.2) is 40.0 Å². The molecule has 136 valence electrons. The van der Waals surface area contributed by atoms with E-state index in [2.05, 4.69) is 15.4 Å². The number of aromatic nitrogens is 3. The number of fused-ring (bicyclic) bond motifs is 1. The van der Waals surface area contributed by atoms with Crippen LogP contribution in [0.1, 0.15) is 10.7 Å². The van der Waals surface area contributed by atoms with Gasteiger partial charge in [0.2, 0.25) is 4.96 Å². The molecule has 7 nitrogen and oxygen atoms in total. The molecular formula is C17H20N5O2S2+. The average Bonchev–Trinajstić information content (AvgIpc) is 2.97. The van der Waals surface area contributed by atoms with E-state index in [-0.39, 0.29) is 11.5 Å². The highest BCUT2D eigenvalue weighted by atomic mass is 32.2. The van der Waals surface area contributed by atoms with E-state index in [0.717, 1.165) is 20.5 Å². The van der Waals surface area contributed by atoms with E-state index in [1.807, 2.05) is 37.6 Å². The lowest BCUT2D eigenvalue weighted by Crippen LogP contribution is -3.08. The Kier molecular flexibility index (Phi) is 5.70. The van der Waals surface area contributed by atoms with Crippen LogP contribution >= 0.6 is 23.1 Å². The molecule has 0 aliphatic rings. The molecule has 2 aromatic heterocycles. The Morgan fingerprint density at radius 2 is 2.15 bits per heavy atom. The molecule has 0 radical (unpaired) electrons. The predicted octanol–water partition coefficient (Wildman–Crippen LogP) is 0.835. The summed E-state index contributed by atoms with van der Waals surface area (Å²) in [6.07, 6.45) is 1.98. The first kappa shape index (κ1) is 18.6. The molecule has 0 saturated carbocycles. The number of amides is 1. The van der Waals surface area contributed by atoms with E-state index >= 15 is 0 Å². The van der Waals surface area contributed by atoms with Gasteiger partial charge in [-0.25, -0.2) is 4.98 Å². The number of nitrogens with zero attached hydrogens (tertiary/aromatic N) is 3. The maximum atomic E-state index is 12.3. The summed E-state index contributed by atoms with van der Waals surface area (Å²) in [6, 6.07) is 9.19. The Morgan fingerprint density at radius 3 is 2.92 bits per heavy atom. The molecule has 0 aliphatic heterocycles. The largest absolute Gasteiger partial charge is 0.324 e. The predicted molar refractivity (Wildman–Crippen MR) is 104 cm³/mol. The molecule has 1 unspecified atom stereocenters. The SMILES string of the molecule is CSc1ccccc1NC(=O)C[NH+](C)Cc1nn2c(=O)cc(C)nc2s1. The molecule has 26 heavy (non-hydrogen) atoms. The second kappa shape index (κ2) is 7.98. The normalized spacial score (nSPS) is 12.3. The molecule has 0 saturated heterocycles. The number of thioether (sulfide) groups is 1. The number of hydrogen-bond donors (Lipinski definition) is 2. The quantitative estimate of drug-likeness (QED) is 0.610. The van der Waals surface area contributed by atoms with Gasteiger partial charge in [-0.2, -0.15) is 9.61 Å². The second-order valence-corrected chi connectivity index (χ2v) is 7.87. The second-order valence-electron chi connectivity index (χ2n) is 5.99. The van der Waals surface area contributed by atoms with Crippen molar-refractivity contribution >= 4 is 39.7 Å². The third kappa shape index (κ3) is 4.29. The number of aryl methyl sites for hydroxylation is 1. The van der Waals surface area contributed by atoms with Crippen LogP contribution in [-0.2, 0) is 11.3 Å². The van der Waals surface area contributed by atoms with Crippen molar-refractivity contribution in [2.75, 3.05) is 25.2 Å². The molecule has 1 aromatic carbocycles. The van der Waals surface area contributed by atoms with Gasteiger partial charge in [-0.1, -0.05) is 23.5 Å². The first-order valence-electron chi connectivity index (χ1n) is 8.07. The number of nitrogens with one attached hydrogen (secondary N) is 2. The van der Waals surface area contributed by atoms with Gasteiger partial charge in [0.15, 0.2) is 11.6 Å². The summed E-state index contributed by atoms with van der Waals surface area (Å²) in [7, 11) is 1.92. The number of anilines is 1. The molecule has 1 atom stereocenters. The van der Waals surface area contributed by atoms with Gasteiger partial charge in [-0.15, -0.1) is 11.8 Å². The Balaban J connectivity index is 1.65. The minimum Gasteiger partial charge on any atom is -0.324 e. The lowest BCUT2D eigenvalue weighted by molar-refractivity contribution is -0.885. The Bertz CT molecular complexity index is 998. The van der Waals surface area contributed by atoms with Crippen LogP contribution in [0.2, 0.25) is 0 Å². The number of carbonyl (C=O) groups excluding carboxylic acids is 1. The fourth-order valence-corrected chi connectivity index (χ4v) is 4.18. The van der Waals surface area contributed by atoms with Gasteiger partial charge in [0.1, 0.15) is 6.54 Å². The van der Waals surface area contributed by atoms with Gasteiger partial charge in [0.05, 0.1) is 12.7 Å². The van der Waals surface area contributed by atoms with Gasteiger partial charge in [0, 0.05) is 16.7 Å². The Morgan fingerprint density at radius 1 is 1.38 bits per heavy atom. The molecule has 0 spiro atoms. The molecule has 0 aliphatic carbocycles. The molecule has 2 heterocycles. The highest BCUT2D eigenvalue weighted by Gasteiger charge is 2.15. The highest BCUT2D eigenvalue weighted by molar-refractivity contribution is 7.98. The zero-order valence-electron chi connectivity index (χ0n) is 14.8. The molecule has 0 bridgehead atoms. The van der Waals surface area contributed by atoms with Crippen LogP contribution in [0.4, 0.5) is 5.69 Å². The van der Waals surface area contributed by atoms with Gasteiger partial charge < -0.3 is 10.2 Å². The smallest absolute Gasteiger partial charge is 0.279 e. The van der Waals surface area contributed by atoms with E-state index in [1.165, 1.54) is 21.9 Å². The zero-order valence-corrected chi connectivity index (χ0v) is 16.4. The van der Waals surface area contributed by atoms with Gasteiger partial charge in [0.25, 0.3) is 11.5 Å². The summed E-state index contributed by atoms with van der Waals surface area (Å²) in [5.41, 5.74) is 1.32. The van der Waals surface area contributed by atoms with Crippen molar-refractivity contribution in [3.63, 3.8) is 0 Å². The Hall–Kier alpha value is -2.23. The van der Waals surface area contributed by atoms with Gasteiger partial charge in [-0.3, -0.25) is 9.59 Å². The van der Waals surface area contributed by atoms with Crippen molar-refractivity contribution in [3.05, 3.63) is 51.4 Å². The van der Waals surface area contributed by atoms with Crippen LogP contribution in [0, 0.1) is 6.92 Å². The molecule has 2 N–H and O–H groups in total. The number of rotatable bonds is 6. The fourth-order valence-electron chi connectivity index (χ4n) is 2.57. The number of likely N-dealkylation sites (N-methyl/N-ethyl adjacent to an activating group) is 1. The highest BCUT2D eigenvalue weighted by Crippen LogP contribution is 2.24. The molecular weight excluding hydrogens is 370 g/mol. The Labute approximate surface area is 159 Å². The molecule has 3 aromatic rings. The molecule has 3 rings (SSSR count). The van der Waals surface area contributed by atoms with Gasteiger partial charge >= 0.3 is 0 Å². The first-order valence-corrected chi connectivity index (χ1v) is 10.1.